The van der Waals surface area contributed by atoms with Crippen LogP contribution in [0, 0.1) is 11.7 Å². The van der Waals surface area contributed by atoms with Crippen molar-refractivity contribution in [1.82, 2.24) is 14.9 Å². The maximum absolute atomic E-state index is 5.95. The molecule has 0 radical (unpaired) electrons. The third-order valence-electron chi connectivity index (χ3n) is 4.20. The number of nitrogens with zero attached hydrogens (tertiary/aromatic N) is 2. The smallest absolute Gasteiger partial charge is 0.214 e. The maximum atomic E-state index is 5.95. The van der Waals surface area contributed by atoms with Crippen LogP contribution in [0.25, 0.3) is 0 Å². The van der Waals surface area contributed by atoms with Gasteiger partial charge in [-0.15, -0.1) is 0 Å². The number of aromatic nitrogens is 3. The number of hydrogen-bond acceptors (Lipinski definition) is 5. The molecule has 3 rings (SSSR count). The monoisotopic (exact) mass is 384 g/mol. The van der Waals surface area contributed by atoms with E-state index in [9.17, 15) is 0 Å². The van der Waals surface area contributed by atoms with E-state index in [4.69, 9.17) is 21.7 Å². The highest BCUT2D eigenvalue weighted by Gasteiger charge is 2.08. The number of rotatable bonds is 8. The van der Waals surface area contributed by atoms with Crippen LogP contribution >= 0.6 is 12.2 Å². The van der Waals surface area contributed by atoms with E-state index in [1.165, 1.54) is 5.56 Å². The minimum Gasteiger partial charge on any atom is -0.493 e. The second-order valence-corrected chi connectivity index (χ2v) is 6.62. The zero-order valence-corrected chi connectivity index (χ0v) is 16.6. The summed E-state index contributed by atoms with van der Waals surface area (Å²) in [5, 5.41) is 6.99. The summed E-state index contributed by atoms with van der Waals surface area (Å²) in [7, 11) is 1.65. The van der Waals surface area contributed by atoms with Crippen LogP contribution in [0.5, 0.6) is 11.5 Å². The summed E-state index contributed by atoms with van der Waals surface area (Å²) in [5.41, 5.74) is 6.69. The van der Waals surface area contributed by atoms with Crippen molar-refractivity contribution in [2.24, 2.45) is 0 Å². The molecule has 0 aliphatic rings. The summed E-state index contributed by atoms with van der Waals surface area (Å²) in [6.07, 6.45) is 0.787. The Morgan fingerprint density at radius 3 is 2.74 bits per heavy atom. The second kappa shape index (κ2) is 8.73. The van der Waals surface area contributed by atoms with Gasteiger partial charge in [0.2, 0.25) is 4.77 Å². The van der Waals surface area contributed by atoms with Gasteiger partial charge >= 0.3 is 0 Å². The Morgan fingerprint density at radius 1 is 1.15 bits per heavy atom. The van der Waals surface area contributed by atoms with Gasteiger partial charge in [0, 0.05) is 6.42 Å². The summed E-state index contributed by atoms with van der Waals surface area (Å²) in [6.45, 7) is 5.20. The molecule has 27 heavy (non-hydrogen) atoms. The van der Waals surface area contributed by atoms with Gasteiger partial charge < -0.3 is 14.9 Å². The number of benzene rings is 2. The van der Waals surface area contributed by atoms with Gasteiger partial charge in [-0.2, -0.15) is 5.10 Å². The van der Waals surface area contributed by atoms with Crippen molar-refractivity contribution in [2.75, 3.05) is 12.5 Å². The molecule has 0 spiro atoms. The van der Waals surface area contributed by atoms with E-state index in [2.05, 4.69) is 40.7 Å². The Kier molecular flexibility index (Phi) is 6.13. The fraction of sp³-hybridized carbons (Fsp3) is 0.300. The molecule has 0 atom stereocenters. The van der Waals surface area contributed by atoms with Gasteiger partial charge in [-0.1, -0.05) is 42.8 Å². The van der Waals surface area contributed by atoms with Gasteiger partial charge in [-0.05, 0) is 42.4 Å². The summed E-state index contributed by atoms with van der Waals surface area (Å²) in [6, 6.07) is 14.2. The van der Waals surface area contributed by atoms with Crippen LogP contribution in [0.1, 0.15) is 29.4 Å². The number of ether oxygens (including phenoxy) is 2. The topological polar surface area (TPSA) is 64.1 Å². The molecule has 0 saturated carbocycles. The SMILES string of the molecule is CCc1n[nH]c(=S)n1NCc1ccc(OCc2cccc(C)c2)c(OC)c1. The Hall–Kier alpha value is -2.80. The van der Waals surface area contributed by atoms with E-state index in [1.807, 2.05) is 31.2 Å². The molecule has 142 valence electrons. The molecule has 0 saturated heterocycles. The van der Waals surface area contributed by atoms with Gasteiger partial charge in [-0.25, -0.2) is 4.68 Å². The summed E-state index contributed by atoms with van der Waals surface area (Å²) in [5.74, 6) is 2.29. The predicted molar refractivity (Wildman–Crippen MR) is 108 cm³/mol. The molecule has 2 N–H and O–H groups in total. The standard InChI is InChI=1S/C20H24N4O2S/c1-4-19-22-23-20(27)24(19)21-12-15-8-9-17(18(11-15)25-3)26-13-16-7-5-6-14(2)10-16/h5-11,21H,4,12-13H2,1-3H3,(H,23,27). The first-order valence-electron chi connectivity index (χ1n) is 8.86. The number of hydrogen-bond donors (Lipinski definition) is 2. The number of nitrogens with one attached hydrogen (secondary N) is 2. The molecule has 6 nitrogen and oxygen atoms in total. The first-order chi connectivity index (χ1) is 13.1. The van der Waals surface area contributed by atoms with Crippen LogP contribution in [0.15, 0.2) is 42.5 Å². The number of H-pyrrole nitrogens is 1. The van der Waals surface area contributed by atoms with Gasteiger partial charge in [0.05, 0.1) is 13.7 Å². The van der Waals surface area contributed by atoms with E-state index in [-0.39, 0.29) is 0 Å². The normalized spacial score (nSPS) is 10.6. The van der Waals surface area contributed by atoms with Crippen molar-refractivity contribution in [1.29, 1.82) is 0 Å². The van der Waals surface area contributed by atoms with E-state index in [0.717, 1.165) is 29.1 Å². The van der Waals surface area contributed by atoms with Crippen LogP contribution in [-0.4, -0.2) is 22.0 Å². The number of methoxy groups -OCH3 is 1. The lowest BCUT2D eigenvalue weighted by molar-refractivity contribution is 0.284. The summed E-state index contributed by atoms with van der Waals surface area (Å²) in [4.78, 5) is 0. The van der Waals surface area contributed by atoms with E-state index in [0.29, 0.717) is 23.7 Å². The van der Waals surface area contributed by atoms with E-state index >= 15 is 0 Å². The zero-order valence-electron chi connectivity index (χ0n) is 15.8. The Bertz CT molecular complexity index is 965. The average molecular weight is 385 g/mol. The van der Waals surface area contributed by atoms with E-state index < -0.39 is 0 Å². The quantitative estimate of drug-likeness (QED) is 0.572. The van der Waals surface area contributed by atoms with Crippen LogP contribution < -0.4 is 14.9 Å². The molecule has 7 heteroatoms. The maximum Gasteiger partial charge on any atom is 0.214 e. The molecular weight excluding hydrogens is 360 g/mol. The Labute approximate surface area is 164 Å². The van der Waals surface area contributed by atoms with Gasteiger partial charge in [0.25, 0.3) is 0 Å². The van der Waals surface area contributed by atoms with Crippen molar-refractivity contribution in [2.45, 2.75) is 33.4 Å². The second-order valence-electron chi connectivity index (χ2n) is 6.23. The van der Waals surface area contributed by atoms with Crippen LogP contribution in [0.4, 0.5) is 0 Å². The van der Waals surface area contributed by atoms with Crippen molar-refractivity contribution in [3.63, 3.8) is 0 Å². The van der Waals surface area contributed by atoms with Crippen LogP contribution in [0.2, 0.25) is 0 Å². The molecule has 3 aromatic rings. The third kappa shape index (κ3) is 4.68. The van der Waals surface area contributed by atoms with Crippen LogP contribution in [0.3, 0.4) is 0 Å². The summed E-state index contributed by atoms with van der Waals surface area (Å²) >= 11 is 5.25. The molecule has 0 aliphatic heterocycles. The minimum absolute atomic E-state index is 0.500. The van der Waals surface area contributed by atoms with Crippen molar-refractivity contribution in [3.05, 3.63) is 69.8 Å². The van der Waals surface area contributed by atoms with Gasteiger partial charge in [-0.3, -0.25) is 5.10 Å². The van der Waals surface area contributed by atoms with Gasteiger partial charge in [0.1, 0.15) is 6.61 Å². The molecule has 0 bridgehead atoms. The fourth-order valence-corrected chi connectivity index (χ4v) is 3.02. The average Bonchev–Trinajstić information content (AvgIpc) is 3.04. The van der Waals surface area contributed by atoms with Crippen LogP contribution in [-0.2, 0) is 19.6 Å². The first-order valence-corrected chi connectivity index (χ1v) is 9.27. The zero-order chi connectivity index (χ0) is 19.2. The van der Waals surface area contributed by atoms with Crippen molar-refractivity contribution >= 4 is 12.2 Å². The highest BCUT2D eigenvalue weighted by Crippen LogP contribution is 2.29. The highest BCUT2D eigenvalue weighted by molar-refractivity contribution is 7.71. The van der Waals surface area contributed by atoms with Gasteiger partial charge in [0.15, 0.2) is 17.3 Å². The lowest BCUT2D eigenvalue weighted by Gasteiger charge is -2.14. The predicted octanol–water partition coefficient (Wildman–Crippen LogP) is 4.14. The molecule has 1 heterocycles. The van der Waals surface area contributed by atoms with E-state index in [1.54, 1.807) is 11.8 Å². The van der Waals surface area contributed by atoms with Crippen molar-refractivity contribution < 1.29 is 9.47 Å². The third-order valence-corrected chi connectivity index (χ3v) is 4.48. The molecule has 0 amide bonds. The van der Waals surface area contributed by atoms with Crippen molar-refractivity contribution in [3.8, 4) is 11.5 Å². The number of aryl methyl sites for hydroxylation is 2. The fourth-order valence-electron chi connectivity index (χ4n) is 2.80. The molecular formula is C20H24N4O2S. The molecule has 0 unspecified atom stereocenters. The molecule has 1 aromatic heterocycles. The first kappa shape index (κ1) is 19.0. The lowest BCUT2D eigenvalue weighted by Crippen LogP contribution is -2.17. The lowest BCUT2D eigenvalue weighted by atomic mass is 10.1. The molecule has 0 fully saturated rings. The molecule has 0 aliphatic carbocycles. The Balaban J connectivity index is 1.68. The largest absolute Gasteiger partial charge is 0.493 e. The minimum atomic E-state index is 0.500. The Morgan fingerprint density at radius 2 is 2.00 bits per heavy atom. The highest BCUT2D eigenvalue weighted by atomic mass is 32.1. The molecule has 2 aromatic carbocycles. The summed E-state index contributed by atoms with van der Waals surface area (Å²) < 4.78 is 13.8. The number of aromatic amines is 1.